The van der Waals surface area contributed by atoms with Crippen molar-refractivity contribution in [3.05, 3.63) is 58.9 Å². The van der Waals surface area contributed by atoms with Crippen LogP contribution in [0.3, 0.4) is 0 Å². The first-order valence-electron chi connectivity index (χ1n) is 10.3. The third-order valence-electron chi connectivity index (χ3n) is 5.71. The average Bonchev–Trinajstić information content (AvgIpc) is 3.39. The number of fused-ring (bicyclic) bond motifs is 2. The van der Waals surface area contributed by atoms with Crippen LogP contribution >= 0.6 is 0 Å². The lowest BCUT2D eigenvalue weighted by Crippen LogP contribution is -2.25. The number of pyridine rings is 1. The molecule has 1 atom stereocenters. The van der Waals surface area contributed by atoms with Crippen LogP contribution < -0.4 is 10.4 Å². The smallest absolute Gasteiger partial charge is 0.331 e. The minimum atomic E-state index is -0.0605. The van der Waals surface area contributed by atoms with Gasteiger partial charge >= 0.3 is 5.69 Å². The maximum atomic E-state index is 13.2. The molecule has 1 unspecified atom stereocenters. The summed E-state index contributed by atoms with van der Waals surface area (Å²) in [6, 6.07) is 11.9. The van der Waals surface area contributed by atoms with E-state index in [9.17, 15) is 4.79 Å². The Kier molecular flexibility index (Phi) is 4.05. The molecule has 2 aliphatic rings. The molecule has 1 saturated heterocycles. The van der Waals surface area contributed by atoms with Gasteiger partial charge in [-0.2, -0.15) is 4.98 Å². The van der Waals surface area contributed by atoms with Gasteiger partial charge in [0.15, 0.2) is 11.5 Å². The number of para-hydroxylation sites is 1. The van der Waals surface area contributed by atoms with Gasteiger partial charge in [0.2, 0.25) is 5.88 Å². The molecule has 30 heavy (non-hydrogen) atoms. The van der Waals surface area contributed by atoms with Crippen molar-refractivity contribution in [3.8, 4) is 5.88 Å². The van der Waals surface area contributed by atoms with Crippen LogP contribution in [0.15, 0.2) is 47.4 Å². The Labute approximate surface area is 172 Å². The van der Waals surface area contributed by atoms with E-state index >= 15 is 0 Å². The van der Waals surface area contributed by atoms with Crippen LogP contribution in [0.4, 0.5) is 0 Å². The number of benzene rings is 1. The highest BCUT2D eigenvalue weighted by Gasteiger charge is 2.29. The Morgan fingerprint density at radius 1 is 1.10 bits per heavy atom. The molecule has 4 heterocycles. The third-order valence-corrected chi connectivity index (χ3v) is 5.71. The van der Waals surface area contributed by atoms with E-state index < -0.39 is 0 Å². The highest BCUT2D eigenvalue weighted by atomic mass is 16.5. The topological polar surface area (TPSA) is 84.1 Å². The number of nitrogens with zero attached hydrogens (tertiary/aromatic N) is 5. The van der Waals surface area contributed by atoms with E-state index in [1.807, 2.05) is 41.0 Å². The van der Waals surface area contributed by atoms with E-state index in [0.717, 1.165) is 35.7 Å². The van der Waals surface area contributed by atoms with Gasteiger partial charge in [-0.25, -0.2) is 14.8 Å². The Morgan fingerprint density at radius 3 is 2.83 bits per heavy atom. The molecule has 3 aromatic heterocycles. The van der Waals surface area contributed by atoms with Gasteiger partial charge in [0.05, 0.1) is 36.2 Å². The predicted molar refractivity (Wildman–Crippen MR) is 111 cm³/mol. The van der Waals surface area contributed by atoms with Crippen LogP contribution in [0.1, 0.15) is 31.1 Å². The molecule has 8 nitrogen and oxygen atoms in total. The van der Waals surface area contributed by atoms with Gasteiger partial charge < -0.3 is 9.47 Å². The molecule has 2 fully saturated rings. The molecule has 1 saturated carbocycles. The lowest BCUT2D eigenvalue weighted by molar-refractivity contribution is 0.139. The molecule has 0 radical (unpaired) electrons. The van der Waals surface area contributed by atoms with Gasteiger partial charge in [-0.1, -0.05) is 12.1 Å². The normalized spacial score (nSPS) is 19.0. The van der Waals surface area contributed by atoms with Gasteiger partial charge in [0.25, 0.3) is 0 Å². The highest BCUT2D eigenvalue weighted by Crippen LogP contribution is 2.36. The average molecular weight is 403 g/mol. The zero-order chi connectivity index (χ0) is 20.1. The summed E-state index contributed by atoms with van der Waals surface area (Å²) in [4.78, 5) is 27.1. The molecule has 152 valence electrons. The summed E-state index contributed by atoms with van der Waals surface area (Å²) in [6.45, 7) is 1.50. The number of ether oxygens (including phenoxy) is 2. The highest BCUT2D eigenvalue weighted by molar-refractivity contribution is 5.83. The molecule has 6 rings (SSSR count). The SMILES string of the molecule is O=c1n(Cc2nc(OC3CCOC3)c3ccccc3n2)c2ncccc2n1C1CC1. The summed E-state index contributed by atoms with van der Waals surface area (Å²) in [5.74, 6) is 1.07. The van der Waals surface area contributed by atoms with Crippen molar-refractivity contribution in [3.63, 3.8) is 0 Å². The van der Waals surface area contributed by atoms with Crippen molar-refractivity contribution in [2.75, 3.05) is 13.2 Å². The van der Waals surface area contributed by atoms with Crippen LogP contribution in [0, 0.1) is 0 Å². The van der Waals surface area contributed by atoms with Crippen LogP contribution in [0.25, 0.3) is 22.1 Å². The minimum absolute atomic E-state index is 0.0164. The monoisotopic (exact) mass is 403 g/mol. The second-order valence-corrected chi connectivity index (χ2v) is 7.88. The molecule has 0 amide bonds. The van der Waals surface area contributed by atoms with Crippen molar-refractivity contribution >= 4 is 22.1 Å². The molecule has 0 spiro atoms. The number of aromatic nitrogens is 5. The molecule has 8 heteroatoms. The van der Waals surface area contributed by atoms with Crippen LogP contribution in [-0.2, 0) is 11.3 Å². The van der Waals surface area contributed by atoms with Crippen LogP contribution in [-0.4, -0.2) is 43.4 Å². The second-order valence-electron chi connectivity index (χ2n) is 7.88. The van der Waals surface area contributed by atoms with Gasteiger partial charge in [0, 0.05) is 18.7 Å². The van der Waals surface area contributed by atoms with Crippen LogP contribution in [0.2, 0.25) is 0 Å². The summed E-state index contributed by atoms with van der Waals surface area (Å²) in [6.07, 6.45) is 4.60. The number of imidazole rings is 1. The molecule has 0 bridgehead atoms. The zero-order valence-electron chi connectivity index (χ0n) is 16.4. The van der Waals surface area contributed by atoms with Gasteiger partial charge in [0.1, 0.15) is 6.10 Å². The lowest BCUT2D eigenvalue weighted by atomic mass is 10.2. The van der Waals surface area contributed by atoms with Gasteiger partial charge in [-0.05, 0) is 37.1 Å². The van der Waals surface area contributed by atoms with Crippen molar-refractivity contribution in [1.82, 2.24) is 24.1 Å². The first kappa shape index (κ1) is 17.6. The Morgan fingerprint density at radius 2 is 2.00 bits per heavy atom. The molecule has 4 aromatic rings. The largest absolute Gasteiger partial charge is 0.471 e. The lowest BCUT2D eigenvalue weighted by Gasteiger charge is -2.14. The van der Waals surface area contributed by atoms with Gasteiger partial charge in [-0.15, -0.1) is 0 Å². The zero-order valence-corrected chi connectivity index (χ0v) is 16.4. The second kappa shape index (κ2) is 6.91. The predicted octanol–water partition coefficient (Wildman–Crippen LogP) is 2.69. The minimum Gasteiger partial charge on any atom is -0.471 e. The Bertz CT molecular complexity index is 1300. The van der Waals surface area contributed by atoms with Crippen molar-refractivity contribution in [2.24, 2.45) is 0 Å². The molecule has 1 aromatic carbocycles. The van der Waals surface area contributed by atoms with Crippen molar-refractivity contribution in [2.45, 2.75) is 38.0 Å². The molecule has 1 aliphatic carbocycles. The summed E-state index contributed by atoms with van der Waals surface area (Å²) in [7, 11) is 0. The number of hydrogen-bond donors (Lipinski definition) is 0. The summed E-state index contributed by atoms with van der Waals surface area (Å²) in [5.41, 5.74) is 2.26. The fourth-order valence-corrected chi connectivity index (χ4v) is 4.10. The number of rotatable bonds is 5. The van der Waals surface area contributed by atoms with E-state index in [1.165, 1.54) is 0 Å². The van der Waals surface area contributed by atoms with Crippen molar-refractivity contribution in [1.29, 1.82) is 0 Å². The van der Waals surface area contributed by atoms with Gasteiger partial charge in [-0.3, -0.25) is 9.13 Å². The van der Waals surface area contributed by atoms with E-state index in [0.29, 0.717) is 30.6 Å². The fourth-order valence-electron chi connectivity index (χ4n) is 4.10. The standard InChI is InChI=1S/C22H21N5O3/c28-22-26(20-18(6-3-10-23-20)27(22)14-7-8-14)12-19-24-17-5-2-1-4-16(17)21(25-19)30-15-9-11-29-13-15/h1-6,10,14-15H,7-9,11-13H2. The first-order valence-corrected chi connectivity index (χ1v) is 10.3. The molecular formula is C22H21N5O3. The summed E-state index contributed by atoms with van der Waals surface area (Å²) in [5, 5.41) is 0.860. The maximum Gasteiger partial charge on any atom is 0.331 e. The number of hydrogen-bond acceptors (Lipinski definition) is 6. The summed E-state index contributed by atoms with van der Waals surface area (Å²) >= 11 is 0. The molecule has 0 N–H and O–H groups in total. The Hall–Kier alpha value is -3.26. The Balaban J connectivity index is 1.45. The van der Waals surface area contributed by atoms with Crippen LogP contribution in [0.5, 0.6) is 5.88 Å². The maximum absolute atomic E-state index is 13.2. The first-order chi connectivity index (χ1) is 14.8. The van der Waals surface area contributed by atoms with Crippen molar-refractivity contribution < 1.29 is 9.47 Å². The van der Waals surface area contributed by atoms with E-state index in [-0.39, 0.29) is 24.4 Å². The summed E-state index contributed by atoms with van der Waals surface area (Å²) < 4.78 is 15.1. The van der Waals surface area contributed by atoms with E-state index in [4.69, 9.17) is 19.4 Å². The quantitative estimate of drug-likeness (QED) is 0.509. The van der Waals surface area contributed by atoms with E-state index in [2.05, 4.69) is 4.98 Å². The third kappa shape index (κ3) is 2.95. The molecular weight excluding hydrogens is 382 g/mol. The van der Waals surface area contributed by atoms with E-state index in [1.54, 1.807) is 10.8 Å². The molecule has 1 aliphatic heterocycles. The fraction of sp³-hybridized carbons (Fsp3) is 0.364.